The largest absolute Gasteiger partial charge is 0.305 e. The highest BCUT2D eigenvalue weighted by Crippen LogP contribution is 2.34. The highest BCUT2D eigenvalue weighted by molar-refractivity contribution is 6.33. The first-order chi connectivity index (χ1) is 9.41. The molecule has 2 rings (SSSR count). The van der Waals surface area contributed by atoms with Crippen LogP contribution in [0.1, 0.15) is 12.1 Å². The zero-order chi connectivity index (χ0) is 14.9. The number of nitro benzene ring substituents is 1. The van der Waals surface area contributed by atoms with E-state index < -0.39 is 33.6 Å². The second-order valence-electron chi connectivity index (χ2n) is 3.65. The summed E-state index contributed by atoms with van der Waals surface area (Å²) >= 11 is 5.74. The number of alkyl halides is 2. The van der Waals surface area contributed by atoms with Gasteiger partial charge in [-0.2, -0.15) is 4.39 Å². The first-order valence-electron chi connectivity index (χ1n) is 5.14. The summed E-state index contributed by atoms with van der Waals surface area (Å²) in [6.45, 7) is 0. The van der Waals surface area contributed by atoms with Crippen LogP contribution in [-0.2, 0) is 0 Å². The molecule has 9 heteroatoms. The first kappa shape index (κ1) is 14.2. The Hall–Kier alpha value is -2.22. The Kier molecular flexibility index (Phi) is 3.84. The summed E-state index contributed by atoms with van der Waals surface area (Å²) in [5.41, 5.74) is -1.56. The number of hydrogen-bond donors (Lipinski definition) is 0. The van der Waals surface area contributed by atoms with Gasteiger partial charge in [-0.3, -0.25) is 10.1 Å². The molecule has 0 radical (unpaired) electrons. The molecule has 5 nitrogen and oxygen atoms in total. The maximum absolute atomic E-state index is 13.2. The number of rotatable bonds is 3. The van der Waals surface area contributed by atoms with E-state index in [2.05, 4.69) is 9.97 Å². The topological polar surface area (TPSA) is 68.9 Å². The predicted octanol–water partition coefficient (Wildman–Crippen LogP) is 3.78. The number of halogens is 4. The summed E-state index contributed by atoms with van der Waals surface area (Å²) in [6, 6.07) is 2.87. The van der Waals surface area contributed by atoms with Gasteiger partial charge in [0.1, 0.15) is 12.0 Å². The van der Waals surface area contributed by atoms with E-state index in [1.165, 1.54) is 0 Å². The van der Waals surface area contributed by atoms with E-state index in [1.807, 2.05) is 0 Å². The molecule has 0 N–H and O–H groups in total. The third-order valence-corrected chi connectivity index (χ3v) is 2.81. The van der Waals surface area contributed by atoms with Crippen molar-refractivity contribution in [1.82, 2.24) is 9.97 Å². The summed E-state index contributed by atoms with van der Waals surface area (Å²) in [7, 11) is 0. The molecule has 1 aromatic heterocycles. The van der Waals surface area contributed by atoms with Crippen LogP contribution >= 0.6 is 11.6 Å². The number of nitro groups is 1. The molecule has 0 unspecified atom stereocenters. The van der Waals surface area contributed by atoms with Crippen LogP contribution < -0.4 is 0 Å². The van der Waals surface area contributed by atoms with Crippen molar-refractivity contribution in [3.63, 3.8) is 0 Å². The van der Waals surface area contributed by atoms with Gasteiger partial charge in [-0.15, -0.1) is 0 Å². The van der Waals surface area contributed by atoms with Gasteiger partial charge in [0, 0.05) is 11.6 Å². The summed E-state index contributed by atoms with van der Waals surface area (Å²) in [4.78, 5) is 16.8. The first-order valence-corrected chi connectivity index (χ1v) is 5.52. The highest BCUT2D eigenvalue weighted by atomic mass is 35.5. The van der Waals surface area contributed by atoms with E-state index >= 15 is 0 Å². The molecule has 0 aliphatic rings. The Morgan fingerprint density at radius 1 is 1.30 bits per heavy atom. The van der Waals surface area contributed by atoms with Gasteiger partial charge in [-0.05, 0) is 12.1 Å². The SMILES string of the molecule is O=[N+]([O-])c1cc(-c2ncnc(C(F)F)c2Cl)ccc1F. The number of nitrogens with zero attached hydrogens (tertiary/aromatic N) is 3. The number of benzene rings is 1. The van der Waals surface area contributed by atoms with E-state index in [0.717, 1.165) is 24.5 Å². The monoisotopic (exact) mass is 303 g/mol. The fourth-order valence-electron chi connectivity index (χ4n) is 1.54. The van der Waals surface area contributed by atoms with Crippen LogP contribution in [0.15, 0.2) is 24.5 Å². The molecule has 0 bridgehead atoms. The van der Waals surface area contributed by atoms with Gasteiger partial charge >= 0.3 is 5.69 Å². The van der Waals surface area contributed by atoms with E-state index in [1.54, 1.807) is 0 Å². The van der Waals surface area contributed by atoms with Gasteiger partial charge < -0.3 is 0 Å². The summed E-state index contributed by atoms with van der Waals surface area (Å²) < 4.78 is 38.5. The lowest BCUT2D eigenvalue weighted by Gasteiger charge is -2.07. The normalized spacial score (nSPS) is 10.8. The van der Waals surface area contributed by atoms with Crippen molar-refractivity contribution in [2.45, 2.75) is 6.43 Å². The van der Waals surface area contributed by atoms with Crippen molar-refractivity contribution in [3.8, 4) is 11.3 Å². The molecule has 1 aromatic carbocycles. The van der Waals surface area contributed by atoms with Crippen LogP contribution in [0.4, 0.5) is 18.9 Å². The second kappa shape index (κ2) is 5.41. The van der Waals surface area contributed by atoms with Crippen LogP contribution in [0, 0.1) is 15.9 Å². The molecule has 0 atom stereocenters. The Labute approximate surface area is 115 Å². The summed E-state index contributed by atoms with van der Waals surface area (Å²) in [6.07, 6.45) is -2.06. The van der Waals surface area contributed by atoms with E-state index in [9.17, 15) is 23.3 Å². The predicted molar refractivity (Wildman–Crippen MR) is 64.0 cm³/mol. The Morgan fingerprint density at radius 3 is 2.60 bits per heavy atom. The summed E-state index contributed by atoms with van der Waals surface area (Å²) in [5, 5.41) is 10.2. The molecule has 1 heterocycles. The van der Waals surface area contributed by atoms with Crippen LogP contribution in [0.5, 0.6) is 0 Å². The molecule has 2 aromatic rings. The zero-order valence-corrected chi connectivity index (χ0v) is 10.3. The third-order valence-electron chi connectivity index (χ3n) is 2.44. The Morgan fingerprint density at radius 2 is 2.00 bits per heavy atom. The lowest BCUT2D eigenvalue weighted by Crippen LogP contribution is -1.98. The van der Waals surface area contributed by atoms with Gasteiger partial charge in [0.15, 0.2) is 0 Å². The van der Waals surface area contributed by atoms with Crippen molar-refractivity contribution in [2.24, 2.45) is 0 Å². The van der Waals surface area contributed by atoms with Crippen molar-refractivity contribution in [1.29, 1.82) is 0 Å². The lowest BCUT2D eigenvalue weighted by atomic mass is 10.1. The molecular formula is C11H5ClF3N3O2. The fraction of sp³-hybridized carbons (Fsp3) is 0.0909. The molecule has 0 aliphatic carbocycles. The number of hydrogen-bond acceptors (Lipinski definition) is 4. The second-order valence-corrected chi connectivity index (χ2v) is 4.02. The van der Waals surface area contributed by atoms with E-state index in [0.29, 0.717) is 0 Å². The molecule has 0 saturated heterocycles. The minimum atomic E-state index is -2.92. The minimum Gasteiger partial charge on any atom is -0.258 e. The molecule has 20 heavy (non-hydrogen) atoms. The van der Waals surface area contributed by atoms with Gasteiger partial charge in [-0.1, -0.05) is 11.6 Å². The number of aromatic nitrogens is 2. The van der Waals surface area contributed by atoms with Crippen molar-refractivity contribution < 1.29 is 18.1 Å². The van der Waals surface area contributed by atoms with Crippen molar-refractivity contribution >= 4 is 17.3 Å². The lowest BCUT2D eigenvalue weighted by molar-refractivity contribution is -0.387. The van der Waals surface area contributed by atoms with Gasteiger partial charge in [-0.25, -0.2) is 18.7 Å². The van der Waals surface area contributed by atoms with Gasteiger partial charge in [0.05, 0.1) is 15.6 Å². The molecular weight excluding hydrogens is 299 g/mol. The quantitative estimate of drug-likeness (QED) is 0.639. The van der Waals surface area contributed by atoms with E-state index in [4.69, 9.17) is 11.6 Å². The molecule has 0 spiro atoms. The molecule has 0 fully saturated rings. The third kappa shape index (κ3) is 2.55. The molecule has 0 aliphatic heterocycles. The van der Waals surface area contributed by atoms with Crippen LogP contribution in [0.3, 0.4) is 0 Å². The maximum Gasteiger partial charge on any atom is 0.305 e. The van der Waals surface area contributed by atoms with Crippen LogP contribution in [0.25, 0.3) is 11.3 Å². The molecule has 0 amide bonds. The smallest absolute Gasteiger partial charge is 0.258 e. The standard InChI is InChI=1S/C11H5ClF3N3O2/c12-8-9(16-4-17-10(8)11(14)15)5-1-2-6(13)7(3-5)18(19)20/h1-4,11H. The fourth-order valence-corrected chi connectivity index (χ4v) is 1.83. The van der Waals surface area contributed by atoms with Crippen molar-refractivity contribution in [2.75, 3.05) is 0 Å². The van der Waals surface area contributed by atoms with Gasteiger partial charge in [0.25, 0.3) is 6.43 Å². The Balaban J connectivity index is 2.60. The van der Waals surface area contributed by atoms with Crippen LogP contribution in [-0.4, -0.2) is 14.9 Å². The average Bonchev–Trinajstić information content (AvgIpc) is 2.39. The van der Waals surface area contributed by atoms with E-state index in [-0.39, 0.29) is 11.3 Å². The average molecular weight is 304 g/mol. The zero-order valence-electron chi connectivity index (χ0n) is 9.56. The summed E-state index contributed by atoms with van der Waals surface area (Å²) in [5.74, 6) is -1.04. The van der Waals surface area contributed by atoms with Crippen molar-refractivity contribution in [3.05, 3.63) is 51.2 Å². The highest BCUT2D eigenvalue weighted by Gasteiger charge is 2.21. The Bertz CT molecular complexity index is 682. The maximum atomic E-state index is 13.2. The van der Waals surface area contributed by atoms with Crippen LogP contribution in [0.2, 0.25) is 5.02 Å². The minimum absolute atomic E-state index is 0.0485. The van der Waals surface area contributed by atoms with Gasteiger partial charge in [0.2, 0.25) is 5.82 Å². The molecule has 104 valence electrons. The molecule has 0 saturated carbocycles.